The number of hydrogen-bond acceptors (Lipinski definition) is 4. The van der Waals surface area contributed by atoms with Crippen LogP contribution in [0.4, 0.5) is 5.69 Å². The fourth-order valence-electron chi connectivity index (χ4n) is 2.61. The average Bonchev–Trinajstić information content (AvgIpc) is 2.90. The summed E-state index contributed by atoms with van der Waals surface area (Å²) < 4.78 is 1.24. The summed E-state index contributed by atoms with van der Waals surface area (Å²) in [6.45, 7) is 1.81. The first kappa shape index (κ1) is 20.5. The van der Waals surface area contributed by atoms with Crippen molar-refractivity contribution in [3.63, 3.8) is 0 Å². The zero-order chi connectivity index (χ0) is 20.1. The minimum absolute atomic E-state index is 0.115. The lowest BCUT2D eigenvalue weighted by Crippen LogP contribution is -2.36. The normalized spacial score (nSPS) is 16.0. The molecule has 2 amide bonds. The molecule has 1 heterocycles. The maximum atomic E-state index is 12.7. The number of benzene rings is 2. The van der Waals surface area contributed by atoms with Gasteiger partial charge in [0, 0.05) is 10.2 Å². The number of rotatable bonds is 5. The Morgan fingerprint density at radius 3 is 2.68 bits per heavy atom. The number of amides is 2. The van der Waals surface area contributed by atoms with Crippen molar-refractivity contribution in [1.29, 1.82) is 0 Å². The number of nitrogens with zero attached hydrogens (tertiary/aromatic N) is 1. The van der Waals surface area contributed by atoms with Crippen LogP contribution >= 0.6 is 39.9 Å². The highest BCUT2D eigenvalue weighted by Crippen LogP contribution is 2.32. The molecule has 1 aliphatic rings. The predicted octanol–water partition coefficient (Wildman–Crippen LogP) is 5.24. The molecule has 0 radical (unpaired) electrons. The fourth-order valence-corrected chi connectivity index (χ4v) is 4.31. The third kappa shape index (κ3) is 5.41. The molecule has 7 heteroatoms. The third-order valence-electron chi connectivity index (χ3n) is 3.84. The standard InChI is InChI=1S/C21H17BrN2O2S2/c1-14(10-15-6-3-2-4-7-15)11-18-20(26)24(21(27)28-18)13-19(25)23-17-9-5-8-16(22)12-17/h2-12H,13H2,1H3,(H,23,25)/b14-10+,18-11+. The number of thiocarbonyl (C=S) groups is 1. The van der Waals surface area contributed by atoms with Gasteiger partial charge in [0.2, 0.25) is 5.91 Å². The molecule has 0 atom stereocenters. The summed E-state index contributed by atoms with van der Waals surface area (Å²) >= 11 is 9.87. The molecule has 28 heavy (non-hydrogen) atoms. The first-order valence-electron chi connectivity index (χ1n) is 8.46. The molecule has 1 saturated heterocycles. The van der Waals surface area contributed by atoms with Crippen molar-refractivity contribution in [2.45, 2.75) is 6.92 Å². The molecule has 1 aliphatic heterocycles. The molecular weight excluding hydrogens is 456 g/mol. The highest BCUT2D eigenvalue weighted by Gasteiger charge is 2.33. The highest BCUT2D eigenvalue weighted by atomic mass is 79.9. The molecule has 0 aromatic heterocycles. The van der Waals surface area contributed by atoms with Crippen LogP contribution < -0.4 is 5.32 Å². The van der Waals surface area contributed by atoms with Gasteiger partial charge >= 0.3 is 0 Å². The summed E-state index contributed by atoms with van der Waals surface area (Å²) in [5.74, 6) is -0.549. The number of hydrogen-bond donors (Lipinski definition) is 1. The molecule has 2 aromatic carbocycles. The Hall–Kier alpha value is -2.22. The lowest BCUT2D eigenvalue weighted by molar-refractivity contribution is -0.126. The summed E-state index contributed by atoms with van der Waals surface area (Å²) in [6.07, 6.45) is 3.80. The molecule has 4 nitrogen and oxygen atoms in total. The highest BCUT2D eigenvalue weighted by molar-refractivity contribution is 9.10. The van der Waals surface area contributed by atoms with Crippen molar-refractivity contribution in [2.75, 3.05) is 11.9 Å². The van der Waals surface area contributed by atoms with Gasteiger partial charge in [-0.2, -0.15) is 0 Å². The second-order valence-electron chi connectivity index (χ2n) is 6.13. The van der Waals surface area contributed by atoms with Gasteiger partial charge in [-0.25, -0.2) is 0 Å². The first-order valence-corrected chi connectivity index (χ1v) is 10.5. The molecule has 2 aromatic rings. The number of carbonyl (C=O) groups is 2. The summed E-state index contributed by atoms with van der Waals surface area (Å²) in [6, 6.07) is 17.1. The third-order valence-corrected chi connectivity index (χ3v) is 5.71. The quantitative estimate of drug-likeness (QED) is 0.477. The van der Waals surface area contributed by atoms with E-state index < -0.39 is 0 Å². The maximum Gasteiger partial charge on any atom is 0.266 e. The molecule has 0 aliphatic carbocycles. The van der Waals surface area contributed by atoms with Crippen LogP contribution in [0.5, 0.6) is 0 Å². The van der Waals surface area contributed by atoms with Crippen molar-refractivity contribution in [3.8, 4) is 0 Å². The lowest BCUT2D eigenvalue weighted by atomic mass is 10.1. The minimum Gasteiger partial charge on any atom is -0.324 e. The Morgan fingerprint density at radius 2 is 1.96 bits per heavy atom. The van der Waals surface area contributed by atoms with Crippen LogP contribution in [0.15, 0.2) is 75.6 Å². The number of thioether (sulfide) groups is 1. The van der Waals surface area contributed by atoms with Crippen molar-refractivity contribution in [3.05, 3.63) is 81.2 Å². The van der Waals surface area contributed by atoms with E-state index in [1.807, 2.05) is 55.5 Å². The van der Waals surface area contributed by atoms with Crippen molar-refractivity contribution < 1.29 is 9.59 Å². The second-order valence-corrected chi connectivity index (χ2v) is 8.72. The minimum atomic E-state index is -0.299. The van der Waals surface area contributed by atoms with Crippen LogP contribution in [-0.2, 0) is 9.59 Å². The Balaban J connectivity index is 1.67. The summed E-state index contributed by atoms with van der Waals surface area (Å²) in [5, 5.41) is 2.78. The van der Waals surface area contributed by atoms with Gasteiger partial charge in [-0.05, 0) is 42.3 Å². The van der Waals surface area contributed by atoms with Gasteiger partial charge < -0.3 is 5.32 Å². The smallest absolute Gasteiger partial charge is 0.266 e. The van der Waals surface area contributed by atoms with Gasteiger partial charge in [0.1, 0.15) is 10.9 Å². The van der Waals surface area contributed by atoms with Crippen LogP contribution in [0.1, 0.15) is 12.5 Å². The predicted molar refractivity (Wildman–Crippen MR) is 123 cm³/mol. The van der Waals surface area contributed by atoms with E-state index in [0.29, 0.717) is 14.9 Å². The van der Waals surface area contributed by atoms with E-state index in [-0.39, 0.29) is 18.4 Å². The van der Waals surface area contributed by atoms with Crippen molar-refractivity contribution in [2.24, 2.45) is 0 Å². The van der Waals surface area contributed by atoms with E-state index in [1.165, 1.54) is 16.7 Å². The van der Waals surface area contributed by atoms with Crippen molar-refractivity contribution in [1.82, 2.24) is 4.90 Å². The van der Waals surface area contributed by atoms with Crippen LogP contribution in [0.25, 0.3) is 6.08 Å². The number of halogens is 1. The molecule has 1 N–H and O–H groups in total. The summed E-state index contributed by atoms with van der Waals surface area (Å²) in [4.78, 5) is 26.8. The number of anilines is 1. The van der Waals surface area contributed by atoms with Crippen LogP contribution in [0, 0.1) is 0 Å². The van der Waals surface area contributed by atoms with Gasteiger partial charge in [-0.1, -0.05) is 82.4 Å². The summed E-state index contributed by atoms with van der Waals surface area (Å²) in [5.41, 5.74) is 2.65. The topological polar surface area (TPSA) is 49.4 Å². The van der Waals surface area contributed by atoms with Crippen molar-refractivity contribution >= 4 is 67.8 Å². The Bertz CT molecular complexity index is 987. The maximum absolute atomic E-state index is 12.7. The van der Waals surface area contributed by atoms with E-state index in [0.717, 1.165) is 15.6 Å². The van der Waals surface area contributed by atoms with Gasteiger partial charge in [0.05, 0.1) is 4.91 Å². The molecular formula is C21H17BrN2O2S2. The second kappa shape index (κ2) is 9.32. The zero-order valence-corrected chi connectivity index (χ0v) is 18.2. The zero-order valence-electron chi connectivity index (χ0n) is 15.0. The molecule has 0 spiro atoms. The molecule has 142 valence electrons. The number of carbonyl (C=O) groups excluding carboxylic acids is 2. The number of allylic oxidation sites excluding steroid dienone is 2. The van der Waals surface area contributed by atoms with Crippen LogP contribution in [-0.4, -0.2) is 27.6 Å². The molecule has 1 fully saturated rings. The summed E-state index contributed by atoms with van der Waals surface area (Å²) in [7, 11) is 0. The van der Waals surface area contributed by atoms with Gasteiger partial charge in [-0.15, -0.1) is 0 Å². The lowest BCUT2D eigenvalue weighted by Gasteiger charge is -2.14. The molecule has 0 bridgehead atoms. The number of nitrogens with one attached hydrogen (secondary N) is 1. The van der Waals surface area contributed by atoms with E-state index in [9.17, 15) is 9.59 Å². The average molecular weight is 473 g/mol. The SMILES string of the molecule is CC(=C\c1ccccc1)/C=C1/SC(=S)N(CC(=O)Nc2cccc(Br)c2)C1=O. The van der Waals surface area contributed by atoms with Crippen LogP contribution in [0.3, 0.4) is 0 Å². The van der Waals surface area contributed by atoms with Gasteiger partial charge in [-0.3, -0.25) is 14.5 Å². The first-order chi connectivity index (χ1) is 13.4. The molecule has 0 saturated carbocycles. The Labute approximate surface area is 181 Å². The largest absolute Gasteiger partial charge is 0.324 e. The van der Waals surface area contributed by atoms with Gasteiger partial charge in [0.15, 0.2) is 0 Å². The van der Waals surface area contributed by atoms with E-state index >= 15 is 0 Å². The van der Waals surface area contributed by atoms with E-state index in [2.05, 4.69) is 21.2 Å². The fraction of sp³-hybridized carbons (Fsp3) is 0.0952. The Morgan fingerprint density at radius 1 is 1.21 bits per heavy atom. The van der Waals surface area contributed by atoms with Gasteiger partial charge in [0.25, 0.3) is 5.91 Å². The van der Waals surface area contributed by atoms with Crippen LogP contribution in [0.2, 0.25) is 0 Å². The monoisotopic (exact) mass is 472 g/mol. The molecule has 0 unspecified atom stereocenters. The van der Waals surface area contributed by atoms with E-state index in [4.69, 9.17) is 12.2 Å². The Kier molecular flexibility index (Phi) is 6.83. The molecule has 3 rings (SSSR count). The van der Waals surface area contributed by atoms with E-state index in [1.54, 1.807) is 18.2 Å².